The molecule has 5 rings (SSSR count). The maximum Gasteiger partial charge on any atom is 0.272 e. The highest BCUT2D eigenvalue weighted by molar-refractivity contribution is 6.05. The summed E-state index contributed by atoms with van der Waals surface area (Å²) in [5.41, 5.74) is 4.71. The molecule has 2 saturated heterocycles. The lowest BCUT2D eigenvalue weighted by atomic mass is 10.0. The van der Waals surface area contributed by atoms with E-state index in [9.17, 15) is 4.79 Å². The Kier molecular flexibility index (Phi) is 6.92. The first-order chi connectivity index (χ1) is 16.5. The van der Waals surface area contributed by atoms with Crippen molar-refractivity contribution in [3.8, 4) is 11.1 Å². The molecule has 0 aliphatic carbocycles. The van der Waals surface area contributed by atoms with Gasteiger partial charge >= 0.3 is 0 Å². The van der Waals surface area contributed by atoms with Gasteiger partial charge in [0.25, 0.3) is 5.91 Å². The summed E-state index contributed by atoms with van der Waals surface area (Å²) in [5.74, 6) is 0.582. The molecule has 2 aliphatic rings. The lowest BCUT2D eigenvalue weighted by Gasteiger charge is -2.33. The van der Waals surface area contributed by atoms with E-state index < -0.39 is 0 Å². The van der Waals surface area contributed by atoms with Gasteiger partial charge in [-0.2, -0.15) is 5.10 Å². The van der Waals surface area contributed by atoms with Crippen molar-refractivity contribution in [2.45, 2.75) is 52.1 Å². The molecule has 2 aromatic heterocycles. The number of hydrogen-bond acceptors (Lipinski definition) is 5. The van der Waals surface area contributed by atoms with E-state index >= 15 is 0 Å². The fourth-order valence-electron chi connectivity index (χ4n) is 5.33. The summed E-state index contributed by atoms with van der Waals surface area (Å²) >= 11 is 0. The zero-order valence-electron chi connectivity index (χ0n) is 20.4. The number of pyridine rings is 1. The van der Waals surface area contributed by atoms with Crippen molar-refractivity contribution in [3.05, 3.63) is 47.9 Å². The molecule has 7 heteroatoms. The van der Waals surface area contributed by atoms with Gasteiger partial charge in [-0.3, -0.25) is 19.8 Å². The standard InChI is InChI=1S/C27H36N6O/c1-19(2)17-33-11-7-23(8-12-33)29-27(34)26-24-14-21(5-6-25(24)30-31-26)22-13-20(15-28-16-22)18-32-9-3-4-10-32/h5-6,13-16,19,23H,3-4,7-12,17-18H2,1-2H3,(H,29,34)(H,30,31). The predicted octanol–water partition coefficient (Wildman–Crippen LogP) is 4.07. The fourth-order valence-corrected chi connectivity index (χ4v) is 5.33. The minimum absolute atomic E-state index is 0.0911. The number of carbonyl (C=O) groups excluding carboxylic acids is 1. The van der Waals surface area contributed by atoms with Crippen LogP contribution in [0.2, 0.25) is 0 Å². The average molecular weight is 461 g/mol. The molecular weight excluding hydrogens is 424 g/mol. The Morgan fingerprint density at radius 3 is 2.62 bits per heavy atom. The van der Waals surface area contributed by atoms with Crippen molar-refractivity contribution in [2.75, 3.05) is 32.7 Å². The van der Waals surface area contributed by atoms with Crippen LogP contribution in [0.25, 0.3) is 22.0 Å². The summed E-state index contributed by atoms with van der Waals surface area (Å²) in [6.07, 6.45) is 8.41. The quantitative estimate of drug-likeness (QED) is 0.556. The van der Waals surface area contributed by atoms with Gasteiger partial charge in [-0.25, -0.2) is 0 Å². The molecule has 0 unspecified atom stereocenters. The van der Waals surface area contributed by atoms with Crippen LogP contribution in [0.15, 0.2) is 36.7 Å². The minimum Gasteiger partial charge on any atom is -0.348 e. The second-order valence-corrected chi connectivity index (χ2v) is 10.3. The number of fused-ring (bicyclic) bond motifs is 1. The number of hydrogen-bond donors (Lipinski definition) is 2. The van der Waals surface area contributed by atoms with Gasteiger partial charge in [-0.1, -0.05) is 19.9 Å². The molecule has 2 N–H and O–H groups in total. The molecule has 34 heavy (non-hydrogen) atoms. The van der Waals surface area contributed by atoms with Crippen LogP contribution in [0.1, 0.15) is 55.6 Å². The maximum atomic E-state index is 13.1. The summed E-state index contributed by atoms with van der Waals surface area (Å²) in [6.45, 7) is 11.0. The minimum atomic E-state index is -0.0911. The lowest BCUT2D eigenvalue weighted by molar-refractivity contribution is 0.0904. The van der Waals surface area contributed by atoms with Gasteiger partial charge in [0.15, 0.2) is 5.69 Å². The van der Waals surface area contributed by atoms with E-state index in [0.717, 1.165) is 61.1 Å². The van der Waals surface area contributed by atoms with E-state index in [-0.39, 0.29) is 11.9 Å². The van der Waals surface area contributed by atoms with Crippen molar-refractivity contribution in [1.29, 1.82) is 0 Å². The zero-order valence-corrected chi connectivity index (χ0v) is 20.4. The highest BCUT2D eigenvalue weighted by Crippen LogP contribution is 2.26. The second-order valence-electron chi connectivity index (χ2n) is 10.3. The number of benzene rings is 1. The third-order valence-electron chi connectivity index (χ3n) is 7.06. The normalized spacial score (nSPS) is 18.2. The molecule has 0 radical (unpaired) electrons. The Balaban J connectivity index is 1.29. The number of carbonyl (C=O) groups is 1. The predicted molar refractivity (Wildman–Crippen MR) is 136 cm³/mol. The molecule has 1 amide bonds. The van der Waals surface area contributed by atoms with Gasteiger partial charge in [0, 0.05) is 55.6 Å². The van der Waals surface area contributed by atoms with Gasteiger partial charge in [0.05, 0.1) is 5.52 Å². The Hall–Kier alpha value is -2.77. The highest BCUT2D eigenvalue weighted by atomic mass is 16.2. The largest absolute Gasteiger partial charge is 0.348 e. The van der Waals surface area contributed by atoms with E-state index in [0.29, 0.717) is 11.6 Å². The molecule has 4 heterocycles. The van der Waals surface area contributed by atoms with Crippen LogP contribution in [0.4, 0.5) is 0 Å². The van der Waals surface area contributed by atoms with Gasteiger partial charge in [0.1, 0.15) is 0 Å². The van der Waals surface area contributed by atoms with Crippen LogP contribution in [0, 0.1) is 5.92 Å². The first kappa shape index (κ1) is 23.0. The number of nitrogens with one attached hydrogen (secondary N) is 2. The summed E-state index contributed by atoms with van der Waals surface area (Å²) in [7, 11) is 0. The van der Waals surface area contributed by atoms with Crippen LogP contribution in [0.5, 0.6) is 0 Å². The van der Waals surface area contributed by atoms with Crippen molar-refractivity contribution in [1.82, 2.24) is 30.3 Å². The number of likely N-dealkylation sites (tertiary alicyclic amines) is 2. The van der Waals surface area contributed by atoms with Crippen LogP contribution >= 0.6 is 0 Å². The maximum absolute atomic E-state index is 13.1. The number of H-pyrrole nitrogens is 1. The monoisotopic (exact) mass is 460 g/mol. The lowest BCUT2D eigenvalue weighted by Crippen LogP contribution is -2.45. The average Bonchev–Trinajstić information content (AvgIpc) is 3.49. The first-order valence-electron chi connectivity index (χ1n) is 12.7. The van der Waals surface area contributed by atoms with Gasteiger partial charge in [-0.05, 0) is 74.0 Å². The third kappa shape index (κ3) is 5.31. The molecule has 0 spiro atoms. The number of aromatic amines is 1. The summed E-state index contributed by atoms with van der Waals surface area (Å²) in [4.78, 5) is 22.6. The fraction of sp³-hybridized carbons (Fsp3) is 0.519. The molecule has 0 atom stereocenters. The van der Waals surface area contributed by atoms with Crippen molar-refractivity contribution in [3.63, 3.8) is 0 Å². The van der Waals surface area contributed by atoms with Crippen molar-refractivity contribution < 1.29 is 4.79 Å². The van der Waals surface area contributed by atoms with E-state index in [1.807, 2.05) is 18.5 Å². The summed E-state index contributed by atoms with van der Waals surface area (Å²) in [6, 6.07) is 8.57. The molecule has 7 nitrogen and oxygen atoms in total. The molecule has 180 valence electrons. The number of aromatic nitrogens is 3. The smallest absolute Gasteiger partial charge is 0.272 e. The highest BCUT2D eigenvalue weighted by Gasteiger charge is 2.23. The van der Waals surface area contributed by atoms with Gasteiger partial charge < -0.3 is 10.2 Å². The van der Waals surface area contributed by atoms with E-state index in [4.69, 9.17) is 0 Å². The Bertz CT molecular complexity index is 1130. The van der Waals surface area contributed by atoms with E-state index in [1.54, 1.807) is 0 Å². The van der Waals surface area contributed by atoms with Crippen molar-refractivity contribution >= 4 is 16.8 Å². The Morgan fingerprint density at radius 1 is 1.06 bits per heavy atom. The molecule has 3 aromatic rings. The molecule has 0 bridgehead atoms. The molecule has 1 aromatic carbocycles. The molecular formula is C27H36N6O. The summed E-state index contributed by atoms with van der Waals surface area (Å²) < 4.78 is 0. The van der Waals surface area contributed by atoms with Gasteiger partial charge in [0.2, 0.25) is 0 Å². The van der Waals surface area contributed by atoms with Crippen LogP contribution in [0.3, 0.4) is 0 Å². The van der Waals surface area contributed by atoms with E-state index in [2.05, 4.69) is 62.3 Å². The van der Waals surface area contributed by atoms with E-state index in [1.165, 1.54) is 31.5 Å². The summed E-state index contributed by atoms with van der Waals surface area (Å²) in [5, 5.41) is 11.5. The molecule has 2 fully saturated rings. The number of amides is 1. The Labute approximate surface area is 201 Å². The topological polar surface area (TPSA) is 77.1 Å². The van der Waals surface area contributed by atoms with Crippen molar-refractivity contribution in [2.24, 2.45) is 5.92 Å². The van der Waals surface area contributed by atoms with Crippen LogP contribution < -0.4 is 5.32 Å². The number of rotatable bonds is 7. The third-order valence-corrected chi connectivity index (χ3v) is 7.06. The second kappa shape index (κ2) is 10.2. The number of nitrogens with zero attached hydrogens (tertiary/aromatic N) is 4. The number of piperidine rings is 1. The first-order valence-corrected chi connectivity index (χ1v) is 12.7. The van der Waals surface area contributed by atoms with Gasteiger partial charge in [-0.15, -0.1) is 0 Å². The van der Waals surface area contributed by atoms with Crippen LogP contribution in [-0.2, 0) is 6.54 Å². The van der Waals surface area contributed by atoms with Crippen LogP contribution in [-0.4, -0.2) is 69.7 Å². The molecule has 0 saturated carbocycles. The molecule has 2 aliphatic heterocycles. The zero-order chi connectivity index (χ0) is 23.5. The SMILES string of the molecule is CC(C)CN1CCC(NC(=O)c2n[nH]c3ccc(-c4cncc(CN5CCCC5)c4)cc23)CC1. The Morgan fingerprint density at radius 2 is 1.85 bits per heavy atom.